The summed E-state index contributed by atoms with van der Waals surface area (Å²) in [4.78, 5) is 12.5. The van der Waals surface area contributed by atoms with Crippen molar-refractivity contribution in [2.75, 3.05) is 26.9 Å². The number of ether oxygens (including phenoxy) is 3. The molecule has 1 N–H and O–H groups in total. The third kappa shape index (κ3) is 5.80. The van der Waals surface area contributed by atoms with Crippen molar-refractivity contribution in [2.24, 2.45) is 0 Å². The number of carbonyl (C=O) groups excluding carboxylic acids is 1. The Bertz CT molecular complexity index is 876. The molecule has 1 heterocycles. The van der Waals surface area contributed by atoms with Gasteiger partial charge in [0.15, 0.2) is 24.2 Å². The van der Waals surface area contributed by atoms with Crippen molar-refractivity contribution in [2.45, 2.75) is 19.4 Å². The largest absolute Gasteiger partial charge is 0.493 e. The number of carbonyl (C=O) groups is 1. The van der Waals surface area contributed by atoms with E-state index >= 15 is 0 Å². The van der Waals surface area contributed by atoms with E-state index < -0.39 is 6.10 Å². The van der Waals surface area contributed by atoms with Crippen LogP contribution in [0.3, 0.4) is 0 Å². The lowest BCUT2D eigenvalue weighted by atomic mass is 10.1. The van der Waals surface area contributed by atoms with Crippen LogP contribution in [0.25, 0.3) is 0 Å². The van der Waals surface area contributed by atoms with Crippen LogP contribution < -0.4 is 14.8 Å². The highest BCUT2D eigenvalue weighted by molar-refractivity contribution is 5.81. The van der Waals surface area contributed by atoms with E-state index in [0.29, 0.717) is 36.0 Å². The van der Waals surface area contributed by atoms with Gasteiger partial charge in [-0.25, -0.2) is 0 Å². The second kappa shape index (κ2) is 10.7. The minimum absolute atomic E-state index is 0.000801. The van der Waals surface area contributed by atoms with Crippen molar-refractivity contribution in [3.63, 3.8) is 0 Å². The zero-order valence-electron chi connectivity index (χ0n) is 15.9. The lowest BCUT2D eigenvalue weighted by Crippen LogP contribution is -2.32. The van der Waals surface area contributed by atoms with Crippen LogP contribution in [0.5, 0.6) is 11.5 Å². The van der Waals surface area contributed by atoms with Crippen molar-refractivity contribution in [1.29, 1.82) is 5.26 Å². The van der Waals surface area contributed by atoms with E-state index in [1.807, 2.05) is 12.1 Å². The van der Waals surface area contributed by atoms with E-state index in [2.05, 4.69) is 11.2 Å². The number of furan rings is 1. The maximum atomic E-state index is 12.5. The first-order valence-electron chi connectivity index (χ1n) is 8.64. The van der Waals surface area contributed by atoms with Crippen molar-refractivity contribution in [3.8, 4) is 29.9 Å². The second-order valence-corrected chi connectivity index (χ2v) is 5.82. The van der Waals surface area contributed by atoms with Gasteiger partial charge in [-0.1, -0.05) is 12.0 Å². The van der Waals surface area contributed by atoms with Gasteiger partial charge in [-0.2, -0.15) is 5.26 Å². The Hall–Kier alpha value is -3.42. The lowest BCUT2D eigenvalue weighted by molar-refractivity contribution is -0.133. The quantitative estimate of drug-likeness (QED) is 0.635. The van der Waals surface area contributed by atoms with Crippen LogP contribution in [0.1, 0.15) is 23.2 Å². The maximum absolute atomic E-state index is 12.5. The molecule has 0 saturated heterocycles. The highest BCUT2D eigenvalue weighted by Crippen LogP contribution is 2.28. The minimum atomic E-state index is -0.902. The number of aryl methyl sites for hydroxylation is 1. The molecule has 0 fully saturated rings. The number of hydrogen-bond donors (Lipinski definition) is 1. The summed E-state index contributed by atoms with van der Waals surface area (Å²) in [6.45, 7) is 2.11. The minimum Gasteiger partial charge on any atom is -0.493 e. The molecule has 0 bridgehead atoms. The van der Waals surface area contributed by atoms with E-state index in [1.54, 1.807) is 31.2 Å². The fourth-order valence-corrected chi connectivity index (χ4v) is 2.53. The van der Waals surface area contributed by atoms with Crippen LogP contribution in [0, 0.1) is 30.6 Å². The Morgan fingerprint density at radius 2 is 2.11 bits per heavy atom. The number of amides is 1. The van der Waals surface area contributed by atoms with Crippen LogP contribution in [0.15, 0.2) is 34.7 Å². The zero-order valence-corrected chi connectivity index (χ0v) is 15.9. The topological polar surface area (TPSA) is 93.7 Å². The first-order chi connectivity index (χ1) is 13.6. The Kier molecular flexibility index (Phi) is 7.95. The molecule has 28 heavy (non-hydrogen) atoms. The average Bonchev–Trinajstić information content (AvgIpc) is 3.13. The third-order valence-corrected chi connectivity index (χ3v) is 3.82. The van der Waals surface area contributed by atoms with Gasteiger partial charge in [0.2, 0.25) is 0 Å². The van der Waals surface area contributed by atoms with Gasteiger partial charge in [0.1, 0.15) is 24.2 Å². The summed E-state index contributed by atoms with van der Waals surface area (Å²) >= 11 is 0. The number of nitrogens with zero attached hydrogens (tertiary/aromatic N) is 1. The summed E-state index contributed by atoms with van der Waals surface area (Å²) < 4.78 is 21.5. The molecule has 0 aliphatic carbocycles. The molecule has 146 valence electrons. The van der Waals surface area contributed by atoms with Gasteiger partial charge in [0.25, 0.3) is 5.91 Å². The Labute approximate surface area is 164 Å². The first kappa shape index (κ1) is 20.9. The molecule has 1 unspecified atom stereocenters. The molecule has 0 spiro atoms. The Morgan fingerprint density at radius 3 is 2.75 bits per heavy atom. The van der Waals surface area contributed by atoms with Crippen LogP contribution >= 0.6 is 0 Å². The van der Waals surface area contributed by atoms with Gasteiger partial charge in [-0.15, -0.1) is 6.42 Å². The fourth-order valence-electron chi connectivity index (χ4n) is 2.53. The average molecular weight is 382 g/mol. The van der Waals surface area contributed by atoms with Crippen LogP contribution in [0.2, 0.25) is 0 Å². The number of nitrogens with one attached hydrogen (secondary N) is 1. The Balaban J connectivity index is 1.96. The van der Waals surface area contributed by atoms with Gasteiger partial charge >= 0.3 is 0 Å². The standard InChI is InChI=1S/C21H22N2O5/c1-4-12-27-20(18-7-5-15(2)28-18)21(24)23-11-9-16-6-8-17(26-13-10-22)19(14-16)25-3/h1,5-8,14,20H,9,11-13H2,2-3H3,(H,23,24). The Morgan fingerprint density at radius 1 is 1.29 bits per heavy atom. The molecule has 2 rings (SSSR count). The predicted octanol–water partition coefficient (Wildman–Crippen LogP) is 2.55. The van der Waals surface area contributed by atoms with E-state index in [1.165, 1.54) is 7.11 Å². The zero-order chi connectivity index (χ0) is 20.4. The molecule has 0 aliphatic rings. The summed E-state index contributed by atoms with van der Waals surface area (Å²) in [7, 11) is 1.53. The van der Waals surface area contributed by atoms with Gasteiger partial charge < -0.3 is 23.9 Å². The molecule has 1 aromatic heterocycles. The number of hydrogen-bond acceptors (Lipinski definition) is 6. The van der Waals surface area contributed by atoms with Crippen molar-refractivity contribution < 1.29 is 23.4 Å². The molecule has 2 aromatic rings. The van der Waals surface area contributed by atoms with Crippen molar-refractivity contribution in [3.05, 3.63) is 47.4 Å². The maximum Gasteiger partial charge on any atom is 0.257 e. The number of benzene rings is 1. The fraction of sp³-hybridized carbons (Fsp3) is 0.333. The highest BCUT2D eigenvalue weighted by Gasteiger charge is 2.24. The van der Waals surface area contributed by atoms with E-state index in [9.17, 15) is 4.79 Å². The van der Waals surface area contributed by atoms with Crippen LogP contribution in [0.4, 0.5) is 0 Å². The number of methoxy groups -OCH3 is 1. The number of terminal acetylenes is 1. The van der Waals surface area contributed by atoms with E-state index in [-0.39, 0.29) is 19.1 Å². The third-order valence-electron chi connectivity index (χ3n) is 3.82. The lowest BCUT2D eigenvalue weighted by Gasteiger charge is -2.15. The smallest absolute Gasteiger partial charge is 0.257 e. The van der Waals surface area contributed by atoms with Gasteiger partial charge in [0, 0.05) is 6.54 Å². The summed E-state index contributed by atoms with van der Waals surface area (Å²) in [5.41, 5.74) is 0.941. The molecular weight excluding hydrogens is 360 g/mol. The molecule has 1 atom stereocenters. The molecule has 0 radical (unpaired) electrons. The summed E-state index contributed by atoms with van der Waals surface area (Å²) in [5, 5.41) is 11.4. The SMILES string of the molecule is C#CCOC(C(=O)NCCc1ccc(OCC#N)c(OC)c1)c1ccc(C)o1. The molecule has 7 nitrogen and oxygen atoms in total. The van der Waals surface area contributed by atoms with Gasteiger partial charge in [-0.05, 0) is 43.2 Å². The first-order valence-corrected chi connectivity index (χ1v) is 8.64. The summed E-state index contributed by atoms with van der Waals surface area (Å²) in [5.74, 6) is 4.14. The molecule has 7 heteroatoms. The number of rotatable bonds is 10. The van der Waals surface area contributed by atoms with Crippen molar-refractivity contribution in [1.82, 2.24) is 5.32 Å². The van der Waals surface area contributed by atoms with Crippen LogP contribution in [-0.4, -0.2) is 32.8 Å². The molecule has 1 amide bonds. The van der Waals surface area contributed by atoms with E-state index in [0.717, 1.165) is 5.56 Å². The summed E-state index contributed by atoms with van der Waals surface area (Å²) in [6, 6.07) is 10.8. The molecule has 0 saturated carbocycles. The van der Waals surface area contributed by atoms with Gasteiger partial charge in [-0.3, -0.25) is 4.79 Å². The normalized spacial score (nSPS) is 11.1. The summed E-state index contributed by atoms with van der Waals surface area (Å²) in [6.07, 6.45) is 4.90. The van der Waals surface area contributed by atoms with Crippen molar-refractivity contribution >= 4 is 5.91 Å². The van der Waals surface area contributed by atoms with Gasteiger partial charge in [0.05, 0.1) is 7.11 Å². The molecular formula is C21H22N2O5. The number of nitriles is 1. The highest BCUT2D eigenvalue weighted by atomic mass is 16.5. The molecule has 1 aromatic carbocycles. The monoisotopic (exact) mass is 382 g/mol. The van der Waals surface area contributed by atoms with E-state index in [4.69, 9.17) is 30.3 Å². The second-order valence-electron chi connectivity index (χ2n) is 5.82. The predicted molar refractivity (Wildman–Crippen MR) is 102 cm³/mol. The molecule has 0 aliphatic heterocycles. The van der Waals surface area contributed by atoms with Crippen LogP contribution in [-0.2, 0) is 16.0 Å².